The van der Waals surface area contributed by atoms with Gasteiger partial charge in [0.2, 0.25) is 10.0 Å². The van der Waals surface area contributed by atoms with E-state index in [1.807, 2.05) is 32.0 Å². The molecule has 0 saturated heterocycles. The number of rotatable bonds is 9. The molecule has 29 heavy (non-hydrogen) atoms. The van der Waals surface area contributed by atoms with Gasteiger partial charge < -0.3 is 14.8 Å². The second-order valence-corrected chi connectivity index (χ2v) is 9.08. The summed E-state index contributed by atoms with van der Waals surface area (Å²) in [6.45, 7) is 6.19. The molecular weight excluding hydrogens is 392 g/mol. The van der Waals surface area contributed by atoms with Gasteiger partial charge in [-0.3, -0.25) is 4.79 Å². The van der Waals surface area contributed by atoms with E-state index in [1.165, 1.54) is 26.2 Å². The van der Waals surface area contributed by atoms with Crippen LogP contribution < -0.4 is 14.8 Å². The van der Waals surface area contributed by atoms with E-state index < -0.39 is 16.1 Å². The number of hydrogen-bond donors (Lipinski definition) is 1. The summed E-state index contributed by atoms with van der Waals surface area (Å²) >= 11 is 0. The summed E-state index contributed by atoms with van der Waals surface area (Å²) in [6, 6.07) is 12.0. The molecular formula is C21H28N2O5S. The van der Waals surface area contributed by atoms with Gasteiger partial charge in [0.25, 0.3) is 5.91 Å². The molecule has 0 aliphatic heterocycles. The Morgan fingerprint density at radius 1 is 1.10 bits per heavy atom. The highest BCUT2D eigenvalue weighted by atomic mass is 32.2. The number of sulfonamides is 1. The van der Waals surface area contributed by atoms with Gasteiger partial charge in [-0.15, -0.1) is 0 Å². The number of nitrogens with one attached hydrogen (secondary N) is 1. The van der Waals surface area contributed by atoms with Gasteiger partial charge in [-0.25, -0.2) is 12.7 Å². The van der Waals surface area contributed by atoms with E-state index in [0.717, 1.165) is 15.4 Å². The van der Waals surface area contributed by atoms with Gasteiger partial charge in [-0.2, -0.15) is 0 Å². The van der Waals surface area contributed by atoms with Crippen molar-refractivity contribution >= 4 is 15.9 Å². The fourth-order valence-electron chi connectivity index (χ4n) is 2.58. The quantitative estimate of drug-likeness (QED) is 0.630. The molecule has 158 valence electrons. The third kappa shape index (κ3) is 6.20. The van der Waals surface area contributed by atoms with Crippen molar-refractivity contribution in [2.45, 2.75) is 31.8 Å². The fraction of sp³-hybridized carbons (Fsp3) is 0.381. The predicted octanol–water partition coefficient (Wildman–Crippen LogP) is 2.52. The van der Waals surface area contributed by atoms with Crippen LogP contribution in [0.3, 0.4) is 0 Å². The standard InChI is InChI=1S/C21H28N2O5S/c1-15-6-11-20(16(2)14-15)28-17(3)21(24)22-12-13-27-18-7-9-19(10-8-18)29(25,26)23(4)5/h6-11,14,17H,12-13H2,1-5H3,(H,22,24)/t17-/m0/s1. The van der Waals surface area contributed by atoms with Crippen LogP contribution in [0.5, 0.6) is 11.5 Å². The van der Waals surface area contributed by atoms with E-state index in [0.29, 0.717) is 18.0 Å². The summed E-state index contributed by atoms with van der Waals surface area (Å²) in [5, 5.41) is 2.76. The zero-order valence-corrected chi connectivity index (χ0v) is 18.2. The van der Waals surface area contributed by atoms with E-state index in [2.05, 4.69) is 5.32 Å². The van der Waals surface area contributed by atoms with Gasteiger partial charge in [0, 0.05) is 14.1 Å². The Kier molecular flexibility index (Phi) is 7.64. The third-order valence-corrected chi connectivity index (χ3v) is 6.11. The van der Waals surface area contributed by atoms with E-state index >= 15 is 0 Å². The summed E-state index contributed by atoms with van der Waals surface area (Å²) in [5.41, 5.74) is 2.11. The van der Waals surface area contributed by atoms with Crippen molar-refractivity contribution < 1.29 is 22.7 Å². The number of benzene rings is 2. The molecule has 0 aliphatic carbocycles. The lowest BCUT2D eigenvalue weighted by Gasteiger charge is -2.17. The van der Waals surface area contributed by atoms with Gasteiger partial charge in [-0.05, 0) is 56.7 Å². The van der Waals surface area contributed by atoms with Crippen LogP contribution in [0.4, 0.5) is 0 Å². The van der Waals surface area contributed by atoms with Crippen molar-refractivity contribution in [2.24, 2.45) is 0 Å². The van der Waals surface area contributed by atoms with Gasteiger partial charge in [-0.1, -0.05) is 17.7 Å². The van der Waals surface area contributed by atoms with Crippen molar-refractivity contribution in [1.82, 2.24) is 9.62 Å². The molecule has 1 atom stereocenters. The Bertz CT molecular complexity index is 940. The maximum Gasteiger partial charge on any atom is 0.260 e. The molecule has 2 rings (SSSR count). The molecule has 1 N–H and O–H groups in total. The first-order valence-electron chi connectivity index (χ1n) is 9.28. The Labute approximate surface area is 172 Å². The molecule has 0 unspecified atom stereocenters. The highest BCUT2D eigenvalue weighted by molar-refractivity contribution is 7.89. The lowest BCUT2D eigenvalue weighted by molar-refractivity contribution is -0.127. The Balaban J connectivity index is 1.79. The van der Waals surface area contributed by atoms with E-state index in [4.69, 9.17) is 9.47 Å². The number of ether oxygens (including phenoxy) is 2. The molecule has 0 aliphatic rings. The Morgan fingerprint density at radius 2 is 1.76 bits per heavy atom. The number of hydrogen-bond acceptors (Lipinski definition) is 5. The van der Waals surface area contributed by atoms with Gasteiger partial charge in [0.15, 0.2) is 6.10 Å². The molecule has 2 aromatic carbocycles. The predicted molar refractivity (Wildman–Crippen MR) is 112 cm³/mol. The monoisotopic (exact) mass is 420 g/mol. The zero-order valence-electron chi connectivity index (χ0n) is 17.4. The number of nitrogens with zero attached hydrogens (tertiary/aromatic N) is 1. The maximum atomic E-state index is 12.2. The van der Waals surface area contributed by atoms with E-state index in [9.17, 15) is 13.2 Å². The fourth-order valence-corrected chi connectivity index (χ4v) is 3.48. The topological polar surface area (TPSA) is 84.9 Å². The highest BCUT2D eigenvalue weighted by Crippen LogP contribution is 2.20. The Morgan fingerprint density at radius 3 is 2.34 bits per heavy atom. The van der Waals surface area contributed by atoms with Crippen molar-refractivity contribution in [1.29, 1.82) is 0 Å². The summed E-state index contributed by atoms with van der Waals surface area (Å²) < 4.78 is 36.5. The molecule has 7 nitrogen and oxygen atoms in total. The lowest BCUT2D eigenvalue weighted by atomic mass is 10.1. The zero-order chi connectivity index (χ0) is 21.6. The molecule has 0 saturated carbocycles. The molecule has 0 spiro atoms. The van der Waals surface area contributed by atoms with Crippen LogP contribution >= 0.6 is 0 Å². The van der Waals surface area contributed by atoms with Crippen LogP contribution in [0.2, 0.25) is 0 Å². The second-order valence-electron chi connectivity index (χ2n) is 6.93. The van der Waals surface area contributed by atoms with Crippen LogP contribution in [-0.4, -0.2) is 52.0 Å². The average molecular weight is 421 g/mol. The summed E-state index contributed by atoms with van der Waals surface area (Å²) in [5.74, 6) is 0.972. The maximum absolute atomic E-state index is 12.2. The third-order valence-electron chi connectivity index (χ3n) is 4.28. The largest absolute Gasteiger partial charge is 0.492 e. The summed E-state index contributed by atoms with van der Waals surface area (Å²) in [4.78, 5) is 12.4. The molecule has 0 radical (unpaired) electrons. The van der Waals surface area contributed by atoms with Gasteiger partial charge in [0.1, 0.15) is 18.1 Å². The van der Waals surface area contributed by atoms with Crippen molar-refractivity contribution in [2.75, 3.05) is 27.2 Å². The van der Waals surface area contributed by atoms with Crippen LogP contribution in [-0.2, 0) is 14.8 Å². The molecule has 8 heteroatoms. The minimum atomic E-state index is -3.46. The molecule has 2 aromatic rings. The number of carbonyl (C=O) groups is 1. The lowest BCUT2D eigenvalue weighted by Crippen LogP contribution is -2.38. The molecule has 0 bridgehead atoms. The van der Waals surface area contributed by atoms with Gasteiger partial charge >= 0.3 is 0 Å². The molecule has 0 heterocycles. The normalized spacial score (nSPS) is 12.5. The number of amides is 1. The Hall–Kier alpha value is -2.58. The summed E-state index contributed by atoms with van der Waals surface area (Å²) in [6.07, 6.45) is -0.632. The summed E-state index contributed by atoms with van der Waals surface area (Å²) in [7, 11) is -0.505. The minimum Gasteiger partial charge on any atom is -0.492 e. The van der Waals surface area contributed by atoms with E-state index in [-0.39, 0.29) is 17.4 Å². The SMILES string of the molecule is Cc1ccc(O[C@@H](C)C(=O)NCCOc2ccc(S(=O)(=O)N(C)C)cc2)c(C)c1. The molecule has 1 amide bonds. The van der Waals surface area contributed by atoms with Crippen LogP contribution in [0.25, 0.3) is 0 Å². The highest BCUT2D eigenvalue weighted by Gasteiger charge is 2.17. The van der Waals surface area contributed by atoms with E-state index in [1.54, 1.807) is 19.1 Å². The van der Waals surface area contributed by atoms with Crippen LogP contribution in [0.15, 0.2) is 47.4 Å². The molecule has 0 fully saturated rings. The van der Waals surface area contributed by atoms with Crippen molar-refractivity contribution in [3.8, 4) is 11.5 Å². The van der Waals surface area contributed by atoms with Crippen LogP contribution in [0, 0.1) is 13.8 Å². The van der Waals surface area contributed by atoms with Crippen molar-refractivity contribution in [3.05, 3.63) is 53.6 Å². The average Bonchev–Trinajstić information content (AvgIpc) is 2.67. The smallest absolute Gasteiger partial charge is 0.260 e. The first-order valence-corrected chi connectivity index (χ1v) is 10.7. The van der Waals surface area contributed by atoms with Crippen molar-refractivity contribution in [3.63, 3.8) is 0 Å². The first kappa shape index (κ1) is 22.7. The number of aryl methyl sites for hydroxylation is 2. The minimum absolute atomic E-state index is 0.195. The van der Waals surface area contributed by atoms with Gasteiger partial charge in [0.05, 0.1) is 11.4 Å². The van der Waals surface area contributed by atoms with Crippen LogP contribution in [0.1, 0.15) is 18.1 Å². The second kappa shape index (κ2) is 9.76. The number of carbonyl (C=O) groups excluding carboxylic acids is 1. The molecule has 0 aromatic heterocycles. The first-order chi connectivity index (χ1) is 13.6.